The summed E-state index contributed by atoms with van der Waals surface area (Å²) in [6.45, 7) is 0.697. The molecule has 1 aliphatic heterocycles. The van der Waals surface area contributed by atoms with Gasteiger partial charge in [0.05, 0.1) is 12.8 Å². The van der Waals surface area contributed by atoms with Gasteiger partial charge in [0.25, 0.3) is 5.91 Å². The van der Waals surface area contributed by atoms with E-state index in [2.05, 4.69) is 10.3 Å². The van der Waals surface area contributed by atoms with Crippen LogP contribution in [0.1, 0.15) is 28.8 Å². The standard InChI is InChI=1S/C24H22ClN3O4/c1-31-20-8-3-2-6-16(20)15-27-22(29)9-5-13-28-19-14-17(25)10-11-21(19)32-23-18(24(28)30)7-4-12-26-23/h2-4,6-8,10-12,14H,5,9,13,15H2,1H3,(H,27,29). The van der Waals surface area contributed by atoms with E-state index in [0.29, 0.717) is 41.5 Å². The number of ether oxygens (including phenoxy) is 2. The summed E-state index contributed by atoms with van der Waals surface area (Å²) in [5.41, 5.74) is 1.81. The van der Waals surface area contributed by atoms with Crippen LogP contribution in [0.25, 0.3) is 0 Å². The second kappa shape index (κ2) is 9.70. The molecule has 0 unspecified atom stereocenters. The number of halogens is 1. The van der Waals surface area contributed by atoms with Crippen LogP contribution in [0.15, 0.2) is 60.8 Å². The van der Waals surface area contributed by atoms with Crippen molar-refractivity contribution in [2.24, 2.45) is 0 Å². The molecule has 8 heteroatoms. The quantitative estimate of drug-likeness (QED) is 0.568. The third kappa shape index (κ3) is 4.68. The number of nitrogens with one attached hydrogen (secondary N) is 1. The monoisotopic (exact) mass is 451 g/mol. The van der Waals surface area contributed by atoms with Crippen molar-refractivity contribution in [2.45, 2.75) is 19.4 Å². The summed E-state index contributed by atoms with van der Waals surface area (Å²) in [6, 6.07) is 16.0. The Labute approximate surface area is 190 Å². The van der Waals surface area contributed by atoms with Crippen molar-refractivity contribution in [1.29, 1.82) is 0 Å². The molecule has 4 rings (SSSR count). The fourth-order valence-electron chi connectivity index (χ4n) is 3.53. The van der Waals surface area contributed by atoms with Crippen LogP contribution in [0.4, 0.5) is 5.69 Å². The Morgan fingerprint density at radius 3 is 2.88 bits per heavy atom. The molecule has 0 saturated heterocycles. The molecular weight excluding hydrogens is 430 g/mol. The number of carbonyl (C=O) groups excluding carboxylic acids is 2. The van der Waals surface area contributed by atoms with E-state index >= 15 is 0 Å². The second-order valence-corrected chi connectivity index (χ2v) is 7.66. The van der Waals surface area contributed by atoms with Gasteiger partial charge in [0, 0.05) is 36.3 Å². The molecule has 164 valence electrons. The van der Waals surface area contributed by atoms with E-state index in [0.717, 1.165) is 11.3 Å². The minimum Gasteiger partial charge on any atom is -0.496 e. The van der Waals surface area contributed by atoms with Crippen LogP contribution >= 0.6 is 11.6 Å². The Balaban J connectivity index is 1.43. The summed E-state index contributed by atoms with van der Waals surface area (Å²) < 4.78 is 11.2. The van der Waals surface area contributed by atoms with Crippen molar-refractivity contribution in [3.8, 4) is 17.4 Å². The number of methoxy groups -OCH3 is 1. The fourth-order valence-corrected chi connectivity index (χ4v) is 3.70. The molecule has 0 fully saturated rings. The third-order valence-corrected chi connectivity index (χ3v) is 5.35. The highest BCUT2D eigenvalue weighted by Crippen LogP contribution is 2.39. The van der Waals surface area contributed by atoms with Gasteiger partial charge in [-0.25, -0.2) is 4.98 Å². The Hall–Kier alpha value is -3.58. The van der Waals surface area contributed by atoms with E-state index in [1.807, 2.05) is 24.3 Å². The van der Waals surface area contributed by atoms with Crippen molar-refractivity contribution in [3.05, 3.63) is 76.9 Å². The lowest BCUT2D eigenvalue weighted by Crippen LogP contribution is -2.32. The van der Waals surface area contributed by atoms with E-state index in [4.69, 9.17) is 21.1 Å². The molecule has 3 aromatic rings. The van der Waals surface area contributed by atoms with Gasteiger partial charge in [0.1, 0.15) is 11.3 Å². The summed E-state index contributed by atoms with van der Waals surface area (Å²) in [7, 11) is 1.60. The van der Waals surface area contributed by atoms with E-state index in [1.54, 1.807) is 48.5 Å². The van der Waals surface area contributed by atoms with Gasteiger partial charge in [-0.1, -0.05) is 29.8 Å². The minimum atomic E-state index is -0.247. The lowest BCUT2D eigenvalue weighted by molar-refractivity contribution is -0.121. The Morgan fingerprint density at radius 1 is 1.19 bits per heavy atom. The van der Waals surface area contributed by atoms with Crippen LogP contribution in [0, 0.1) is 0 Å². The molecule has 1 aromatic heterocycles. The van der Waals surface area contributed by atoms with E-state index in [1.165, 1.54) is 0 Å². The summed E-state index contributed by atoms with van der Waals surface area (Å²) in [5.74, 6) is 1.11. The molecule has 1 aliphatic rings. The van der Waals surface area contributed by atoms with Crippen LogP contribution in [-0.4, -0.2) is 30.5 Å². The minimum absolute atomic E-state index is 0.109. The maximum atomic E-state index is 13.2. The average molecular weight is 452 g/mol. The van der Waals surface area contributed by atoms with Gasteiger partial charge in [-0.2, -0.15) is 0 Å². The average Bonchev–Trinajstić information content (AvgIpc) is 2.92. The van der Waals surface area contributed by atoms with Gasteiger partial charge < -0.3 is 19.7 Å². The largest absolute Gasteiger partial charge is 0.496 e. The zero-order valence-electron chi connectivity index (χ0n) is 17.5. The summed E-state index contributed by atoms with van der Waals surface area (Å²) in [5, 5.41) is 3.39. The zero-order chi connectivity index (χ0) is 22.5. The number of hydrogen-bond donors (Lipinski definition) is 1. The van der Waals surface area contributed by atoms with E-state index in [-0.39, 0.29) is 24.1 Å². The molecule has 7 nitrogen and oxygen atoms in total. The third-order valence-electron chi connectivity index (χ3n) is 5.12. The van der Waals surface area contributed by atoms with Crippen LogP contribution in [-0.2, 0) is 11.3 Å². The first-order chi connectivity index (χ1) is 15.6. The van der Waals surface area contributed by atoms with Gasteiger partial charge >= 0.3 is 0 Å². The molecule has 0 saturated carbocycles. The number of para-hydroxylation sites is 1. The van der Waals surface area contributed by atoms with Crippen molar-refractivity contribution in [1.82, 2.24) is 10.3 Å². The first-order valence-corrected chi connectivity index (χ1v) is 10.6. The molecule has 1 N–H and O–H groups in total. The Bertz CT molecular complexity index is 1150. The summed E-state index contributed by atoms with van der Waals surface area (Å²) in [4.78, 5) is 31.4. The normalized spacial score (nSPS) is 12.3. The summed E-state index contributed by atoms with van der Waals surface area (Å²) in [6.07, 6.45) is 2.30. The first kappa shape index (κ1) is 21.6. The second-order valence-electron chi connectivity index (χ2n) is 7.22. The number of pyridine rings is 1. The predicted molar refractivity (Wildman–Crippen MR) is 122 cm³/mol. The number of fused-ring (bicyclic) bond motifs is 2. The number of hydrogen-bond acceptors (Lipinski definition) is 5. The van der Waals surface area contributed by atoms with Crippen molar-refractivity contribution in [2.75, 3.05) is 18.6 Å². The zero-order valence-corrected chi connectivity index (χ0v) is 18.3. The molecule has 2 amide bonds. The Morgan fingerprint density at radius 2 is 2.03 bits per heavy atom. The number of benzene rings is 2. The SMILES string of the molecule is COc1ccccc1CNC(=O)CCCN1C(=O)c2cccnc2Oc2ccc(Cl)cc21. The maximum Gasteiger partial charge on any atom is 0.263 e. The van der Waals surface area contributed by atoms with E-state index < -0.39 is 0 Å². The number of anilines is 1. The highest BCUT2D eigenvalue weighted by atomic mass is 35.5. The van der Waals surface area contributed by atoms with E-state index in [9.17, 15) is 9.59 Å². The highest BCUT2D eigenvalue weighted by molar-refractivity contribution is 6.31. The van der Waals surface area contributed by atoms with Crippen molar-refractivity contribution in [3.63, 3.8) is 0 Å². The molecule has 0 aliphatic carbocycles. The van der Waals surface area contributed by atoms with Crippen LogP contribution in [0.2, 0.25) is 5.02 Å². The predicted octanol–water partition coefficient (Wildman–Crippen LogP) is 4.59. The highest BCUT2D eigenvalue weighted by Gasteiger charge is 2.29. The van der Waals surface area contributed by atoms with Gasteiger partial charge in [-0.3, -0.25) is 9.59 Å². The lowest BCUT2D eigenvalue weighted by Gasteiger charge is -2.22. The smallest absolute Gasteiger partial charge is 0.263 e. The van der Waals surface area contributed by atoms with Crippen LogP contribution < -0.4 is 19.7 Å². The first-order valence-electron chi connectivity index (χ1n) is 10.2. The maximum absolute atomic E-state index is 13.2. The topological polar surface area (TPSA) is 80.8 Å². The van der Waals surface area contributed by atoms with Crippen LogP contribution in [0.5, 0.6) is 17.4 Å². The molecule has 0 radical (unpaired) electrons. The van der Waals surface area contributed by atoms with Gasteiger partial charge in [-0.15, -0.1) is 0 Å². The number of nitrogens with zero attached hydrogens (tertiary/aromatic N) is 2. The number of amides is 2. The molecule has 32 heavy (non-hydrogen) atoms. The number of aromatic nitrogens is 1. The van der Waals surface area contributed by atoms with Crippen LogP contribution in [0.3, 0.4) is 0 Å². The molecular formula is C24H22ClN3O4. The fraction of sp³-hybridized carbons (Fsp3) is 0.208. The van der Waals surface area contributed by atoms with Gasteiger partial charge in [-0.05, 0) is 42.8 Å². The number of carbonyl (C=O) groups is 2. The van der Waals surface area contributed by atoms with Gasteiger partial charge in [0.2, 0.25) is 11.8 Å². The Kier molecular flexibility index (Phi) is 6.56. The lowest BCUT2D eigenvalue weighted by atomic mass is 10.1. The summed E-state index contributed by atoms with van der Waals surface area (Å²) >= 11 is 6.18. The number of rotatable bonds is 7. The molecule has 2 heterocycles. The molecule has 0 atom stereocenters. The molecule has 0 spiro atoms. The molecule has 0 bridgehead atoms. The van der Waals surface area contributed by atoms with Crippen molar-refractivity contribution >= 4 is 29.1 Å². The van der Waals surface area contributed by atoms with Gasteiger partial charge in [0.15, 0.2) is 5.75 Å². The molecule has 2 aromatic carbocycles. The van der Waals surface area contributed by atoms with Crippen molar-refractivity contribution < 1.29 is 19.1 Å².